The van der Waals surface area contributed by atoms with Crippen LogP contribution in [0.25, 0.3) is 10.8 Å². The maximum Gasteiger partial charge on any atom is 0.343 e. The average molecular weight is 401 g/mol. The molecule has 6 nitrogen and oxygen atoms in total. The van der Waals surface area contributed by atoms with Gasteiger partial charge in [0.05, 0.1) is 32.3 Å². The van der Waals surface area contributed by atoms with Gasteiger partial charge in [0.15, 0.2) is 17.2 Å². The fourth-order valence-electron chi connectivity index (χ4n) is 2.78. The molecule has 7 heteroatoms. The molecule has 3 aromatic carbocycles. The summed E-state index contributed by atoms with van der Waals surface area (Å²) >= 11 is 5.87. The minimum Gasteiger partial charge on any atom is -0.493 e. The van der Waals surface area contributed by atoms with Crippen molar-refractivity contribution in [3.8, 4) is 23.0 Å². The Morgan fingerprint density at radius 3 is 2.14 bits per heavy atom. The van der Waals surface area contributed by atoms with E-state index >= 15 is 0 Å². The Morgan fingerprint density at radius 1 is 0.857 bits per heavy atom. The Balaban J connectivity index is 2.28. The molecule has 0 N–H and O–H groups in total. The Kier molecular flexibility index (Phi) is 5.70. The number of hydrogen-bond donors (Lipinski definition) is 0. The van der Waals surface area contributed by atoms with Crippen molar-refractivity contribution in [2.45, 2.75) is 0 Å². The van der Waals surface area contributed by atoms with Crippen LogP contribution in [0, 0.1) is 0 Å². The van der Waals surface area contributed by atoms with E-state index in [4.69, 9.17) is 30.5 Å². The molecule has 3 rings (SSSR count). The van der Waals surface area contributed by atoms with Gasteiger partial charge in [0.2, 0.25) is 11.2 Å². The third-order valence-corrected chi connectivity index (χ3v) is 4.38. The molecule has 0 aliphatic rings. The lowest BCUT2D eigenvalue weighted by Crippen LogP contribution is -2.12. The third-order valence-electron chi connectivity index (χ3n) is 4.13. The highest BCUT2D eigenvalue weighted by Gasteiger charge is 2.22. The Hall–Kier alpha value is -3.25. The number of benzene rings is 2. The number of rotatable bonds is 5. The topological polar surface area (TPSA) is 71.1 Å². The lowest BCUT2D eigenvalue weighted by molar-refractivity contribution is 0.0731. The molecule has 0 atom stereocenters. The third kappa shape index (κ3) is 3.59. The quantitative estimate of drug-likeness (QED) is 0.474. The molecule has 28 heavy (non-hydrogen) atoms. The lowest BCUT2D eigenvalue weighted by Gasteiger charge is -2.14. The zero-order chi connectivity index (χ0) is 20.3. The first-order valence-electron chi connectivity index (χ1n) is 8.24. The van der Waals surface area contributed by atoms with Crippen molar-refractivity contribution < 1.29 is 23.7 Å². The second-order valence-corrected chi connectivity index (χ2v) is 6.16. The smallest absolute Gasteiger partial charge is 0.343 e. The Bertz CT molecular complexity index is 1090. The van der Waals surface area contributed by atoms with Crippen molar-refractivity contribution in [2.75, 3.05) is 21.3 Å². The van der Waals surface area contributed by atoms with E-state index in [1.165, 1.54) is 39.5 Å². The van der Waals surface area contributed by atoms with Crippen molar-refractivity contribution in [1.29, 1.82) is 0 Å². The molecule has 0 aliphatic heterocycles. The van der Waals surface area contributed by atoms with E-state index in [0.717, 1.165) is 0 Å². The Morgan fingerprint density at radius 2 is 1.54 bits per heavy atom. The van der Waals surface area contributed by atoms with Crippen LogP contribution in [0.15, 0.2) is 53.3 Å². The van der Waals surface area contributed by atoms with Gasteiger partial charge in [-0.15, -0.1) is 0 Å². The van der Waals surface area contributed by atoms with Crippen LogP contribution >= 0.6 is 11.6 Å². The fourth-order valence-corrected chi connectivity index (χ4v) is 2.91. The molecule has 0 radical (unpaired) electrons. The lowest BCUT2D eigenvalue weighted by atomic mass is 10.1. The average Bonchev–Trinajstić information content (AvgIpc) is 2.86. The molecule has 0 saturated carbocycles. The van der Waals surface area contributed by atoms with Crippen molar-refractivity contribution >= 4 is 28.3 Å². The number of halogens is 1. The number of carbonyl (C=O) groups excluding carboxylic acids is 1. The van der Waals surface area contributed by atoms with E-state index in [2.05, 4.69) is 0 Å². The summed E-state index contributed by atoms with van der Waals surface area (Å²) in [6.07, 6.45) is 0. The van der Waals surface area contributed by atoms with E-state index in [9.17, 15) is 9.59 Å². The van der Waals surface area contributed by atoms with Gasteiger partial charge >= 0.3 is 5.97 Å². The molecule has 144 valence electrons. The molecule has 0 fully saturated rings. The summed E-state index contributed by atoms with van der Waals surface area (Å²) in [7, 11) is 4.24. The summed E-state index contributed by atoms with van der Waals surface area (Å²) in [6, 6.07) is 12.7. The SMILES string of the molecule is COc1cc2cccc(OC)c(=O)c2c(OC(=O)c2ccc(Cl)cc2)c1OC. The first kappa shape index (κ1) is 19.5. The summed E-state index contributed by atoms with van der Waals surface area (Å²) < 4.78 is 21.5. The zero-order valence-electron chi connectivity index (χ0n) is 15.4. The van der Waals surface area contributed by atoms with Crippen LogP contribution < -0.4 is 24.4 Å². The van der Waals surface area contributed by atoms with Gasteiger partial charge in [-0.2, -0.15) is 0 Å². The summed E-state index contributed by atoms with van der Waals surface area (Å²) in [5.41, 5.74) is -0.176. The molecule has 0 spiro atoms. The largest absolute Gasteiger partial charge is 0.493 e. The zero-order valence-corrected chi connectivity index (χ0v) is 16.2. The minimum absolute atomic E-state index is 0.0451. The van der Waals surface area contributed by atoms with Gasteiger partial charge in [0.25, 0.3) is 0 Å². The monoisotopic (exact) mass is 400 g/mol. The van der Waals surface area contributed by atoms with Crippen molar-refractivity contribution in [3.63, 3.8) is 0 Å². The van der Waals surface area contributed by atoms with Crippen molar-refractivity contribution in [2.24, 2.45) is 0 Å². The van der Waals surface area contributed by atoms with Crippen LogP contribution in [0.4, 0.5) is 0 Å². The van der Waals surface area contributed by atoms with Crippen LogP contribution in [-0.4, -0.2) is 27.3 Å². The van der Waals surface area contributed by atoms with Crippen molar-refractivity contribution in [3.05, 3.63) is 69.3 Å². The van der Waals surface area contributed by atoms with Gasteiger partial charge in [0, 0.05) is 5.02 Å². The van der Waals surface area contributed by atoms with E-state index < -0.39 is 11.4 Å². The molecule has 0 bridgehead atoms. The number of esters is 1. The highest BCUT2D eigenvalue weighted by atomic mass is 35.5. The fraction of sp³-hybridized carbons (Fsp3) is 0.143. The second kappa shape index (κ2) is 8.19. The van der Waals surface area contributed by atoms with Gasteiger partial charge < -0.3 is 18.9 Å². The molecule has 0 aliphatic carbocycles. The van der Waals surface area contributed by atoms with Gasteiger partial charge in [-0.25, -0.2) is 4.79 Å². The summed E-state index contributed by atoms with van der Waals surface area (Å²) in [5, 5.41) is 1.13. The first-order valence-corrected chi connectivity index (χ1v) is 8.61. The molecule has 0 saturated heterocycles. The van der Waals surface area contributed by atoms with E-state index in [-0.39, 0.29) is 28.2 Å². The van der Waals surface area contributed by atoms with E-state index in [1.54, 1.807) is 30.3 Å². The Labute approximate surface area is 166 Å². The maximum absolute atomic E-state index is 13.0. The van der Waals surface area contributed by atoms with Gasteiger partial charge in [-0.1, -0.05) is 23.7 Å². The number of hydrogen-bond acceptors (Lipinski definition) is 6. The van der Waals surface area contributed by atoms with Crippen molar-refractivity contribution in [1.82, 2.24) is 0 Å². The number of methoxy groups -OCH3 is 3. The van der Waals surface area contributed by atoms with Crippen LogP contribution in [0.5, 0.6) is 23.0 Å². The van der Waals surface area contributed by atoms with Gasteiger partial charge in [0.1, 0.15) is 0 Å². The summed E-state index contributed by atoms with van der Waals surface area (Å²) in [6.45, 7) is 0. The van der Waals surface area contributed by atoms with Crippen LogP contribution in [0.1, 0.15) is 10.4 Å². The standard InChI is InChI=1S/C21H17ClO6/c1-25-15-6-4-5-13-11-16(26-2)19(27-3)20(17(13)18(15)23)28-21(24)12-7-9-14(22)10-8-12/h4-11H,1-3H3. The molecule has 0 amide bonds. The highest BCUT2D eigenvalue weighted by molar-refractivity contribution is 6.30. The van der Waals surface area contributed by atoms with E-state index in [0.29, 0.717) is 16.2 Å². The van der Waals surface area contributed by atoms with Gasteiger partial charge in [-0.05, 0) is 41.8 Å². The summed E-state index contributed by atoms with van der Waals surface area (Å²) in [5.74, 6) is -0.169. The van der Waals surface area contributed by atoms with Crippen LogP contribution in [0.2, 0.25) is 5.02 Å². The number of ether oxygens (including phenoxy) is 4. The second-order valence-electron chi connectivity index (χ2n) is 5.73. The molecular weight excluding hydrogens is 384 g/mol. The predicted molar refractivity (Wildman–Crippen MR) is 106 cm³/mol. The maximum atomic E-state index is 13.0. The number of carbonyl (C=O) groups is 1. The van der Waals surface area contributed by atoms with Crippen LogP contribution in [-0.2, 0) is 0 Å². The minimum atomic E-state index is -0.672. The molecule has 3 aromatic rings. The molecule has 0 unspecified atom stereocenters. The van der Waals surface area contributed by atoms with Gasteiger partial charge in [-0.3, -0.25) is 4.79 Å². The van der Waals surface area contributed by atoms with E-state index in [1.807, 2.05) is 0 Å². The molecular formula is C21H17ClO6. The van der Waals surface area contributed by atoms with Crippen LogP contribution in [0.3, 0.4) is 0 Å². The molecule has 0 heterocycles. The number of fused-ring (bicyclic) bond motifs is 1. The molecule has 0 aromatic heterocycles. The predicted octanol–water partition coefficient (Wildman–Crippen LogP) is 4.10. The highest BCUT2D eigenvalue weighted by Crippen LogP contribution is 2.42. The normalized spacial score (nSPS) is 10.4. The first-order chi connectivity index (χ1) is 13.5. The summed E-state index contributed by atoms with van der Waals surface area (Å²) in [4.78, 5) is 25.7.